The summed E-state index contributed by atoms with van der Waals surface area (Å²) in [4.78, 5) is 22.2. The van der Waals surface area contributed by atoms with E-state index in [2.05, 4.69) is 21.2 Å². The van der Waals surface area contributed by atoms with Crippen molar-refractivity contribution in [1.29, 1.82) is 0 Å². The first-order chi connectivity index (χ1) is 11.0. The van der Waals surface area contributed by atoms with Crippen LogP contribution in [-0.4, -0.2) is 22.1 Å². The smallest absolute Gasteiger partial charge is 0.328 e. The van der Waals surface area contributed by atoms with E-state index in [-0.39, 0.29) is 0 Å². The molecule has 6 heteroatoms. The second-order valence-corrected chi connectivity index (χ2v) is 5.92. The maximum Gasteiger partial charge on any atom is 0.328 e. The number of carbonyl (C=O) groups is 2. The zero-order valence-corrected chi connectivity index (χ0v) is 13.4. The molecule has 1 aliphatic carbocycles. The van der Waals surface area contributed by atoms with Crippen LogP contribution in [0, 0.1) is 0 Å². The number of aliphatic carboxylic acids is 1. The van der Waals surface area contributed by atoms with Gasteiger partial charge in [-0.05, 0) is 50.3 Å². The highest BCUT2D eigenvalue weighted by Gasteiger charge is 2.27. The number of carbonyl (C=O) groups excluding carboxylic acids is 1. The van der Waals surface area contributed by atoms with Gasteiger partial charge in [-0.15, -0.1) is 0 Å². The number of hydrogen-bond acceptors (Lipinski definition) is 3. The number of amides is 1. The summed E-state index contributed by atoms with van der Waals surface area (Å²) in [5.41, 5.74) is 3.85. The number of nitrogens with one attached hydrogen (secondary N) is 1. The lowest BCUT2D eigenvalue weighted by molar-refractivity contribution is -0.131. The summed E-state index contributed by atoms with van der Waals surface area (Å²) < 4.78 is 0.650. The van der Waals surface area contributed by atoms with Crippen molar-refractivity contribution in [3.63, 3.8) is 0 Å². The van der Waals surface area contributed by atoms with Crippen molar-refractivity contribution in [1.82, 2.24) is 0 Å². The molecule has 0 spiro atoms. The number of aliphatic hydroxyl groups excluding tert-OH is 1. The summed E-state index contributed by atoms with van der Waals surface area (Å²) in [5, 5.41) is 21.6. The molecule has 3 N–H and O–H groups in total. The van der Waals surface area contributed by atoms with Gasteiger partial charge in [-0.1, -0.05) is 24.3 Å². The third-order valence-corrected chi connectivity index (χ3v) is 4.27. The number of rotatable bonds is 3. The molecule has 1 atom stereocenters. The Balaban J connectivity index is 1.95. The summed E-state index contributed by atoms with van der Waals surface area (Å²) in [6.45, 7) is 0. The van der Waals surface area contributed by atoms with Crippen LogP contribution in [0.25, 0.3) is 11.1 Å². The van der Waals surface area contributed by atoms with Gasteiger partial charge in [0.25, 0.3) is 0 Å². The second-order valence-electron chi connectivity index (χ2n) is 5.07. The van der Waals surface area contributed by atoms with E-state index >= 15 is 0 Å². The number of aliphatic hydroxyl groups is 1. The van der Waals surface area contributed by atoms with Gasteiger partial charge in [-0.25, -0.2) is 4.79 Å². The Morgan fingerprint density at radius 3 is 2.57 bits per heavy atom. The van der Waals surface area contributed by atoms with Crippen LogP contribution in [0.15, 0.2) is 53.0 Å². The van der Waals surface area contributed by atoms with Gasteiger partial charge in [0.05, 0.1) is 5.69 Å². The molecule has 0 aromatic heterocycles. The van der Waals surface area contributed by atoms with Gasteiger partial charge in [0.2, 0.25) is 5.91 Å². The number of carboxylic acids is 1. The number of benzene rings is 2. The van der Waals surface area contributed by atoms with Gasteiger partial charge in [0.15, 0.2) is 0 Å². The van der Waals surface area contributed by atoms with Gasteiger partial charge in [-0.3, -0.25) is 4.79 Å². The number of anilines is 1. The SMILES string of the molecule is O=C(O)/C=C\C(=O)Nc1cc2c(cc1Br)-c1ccccc1[C@H]2O. The largest absolute Gasteiger partial charge is 0.478 e. The van der Waals surface area contributed by atoms with E-state index < -0.39 is 18.0 Å². The molecule has 1 amide bonds. The fourth-order valence-electron chi connectivity index (χ4n) is 2.61. The first kappa shape index (κ1) is 15.5. The number of fused-ring (bicyclic) bond motifs is 3. The van der Waals surface area contributed by atoms with Gasteiger partial charge >= 0.3 is 5.97 Å². The van der Waals surface area contributed by atoms with E-state index in [1.807, 2.05) is 30.3 Å². The molecule has 0 heterocycles. The highest BCUT2D eigenvalue weighted by atomic mass is 79.9. The Hall–Kier alpha value is -2.44. The fraction of sp³-hybridized carbons (Fsp3) is 0.0588. The quantitative estimate of drug-likeness (QED) is 0.721. The van der Waals surface area contributed by atoms with E-state index in [9.17, 15) is 14.7 Å². The van der Waals surface area contributed by atoms with Gasteiger partial charge < -0.3 is 15.5 Å². The van der Waals surface area contributed by atoms with Crippen LogP contribution in [-0.2, 0) is 9.59 Å². The molecule has 0 saturated carbocycles. The molecule has 0 radical (unpaired) electrons. The Labute approximate surface area is 140 Å². The van der Waals surface area contributed by atoms with Crippen molar-refractivity contribution in [2.24, 2.45) is 0 Å². The average Bonchev–Trinajstić information content (AvgIpc) is 2.79. The van der Waals surface area contributed by atoms with E-state index in [4.69, 9.17) is 5.11 Å². The monoisotopic (exact) mass is 373 g/mol. The summed E-state index contributed by atoms with van der Waals surface area (Å²) in [6, 6.07) is 11.1. The van der Waals surface area contributed by atoms with Crippen LogP contribution >= 0.6 is 15.9 Å². The lowest BCUT2D eigenvalue weighted by Gasteiger charge is -2.11. The predicted octanol–water partition coefficient (Wildman–Crippen LogP) is 3.09. The van der Waals surface area contributed by atoms with Crippen LogP contribution in [0.5, 0.6) is 0 Å². The molecule has 0 saturated heterocycles. The minimum absolute atomic E-state index is 0.468. The van der Waals surface area contributed by atoms with Gasteiger partial charge in [-0.2, -0.15) is 0 Å². The van der Waals surface area contributed by atoms with Crippen molar-refractivity contribution < 1.29 is 19.8 Å². The topological polar surface area (TPSA) is 86.6 Å². The second kappa shape index (κ2) is 5.98. The third kappa shape index (κ3) is 2.91. The van der Waals surface area contributed by atoms with Crippen molar-refractivity contribution >= 4 is 33.5 Å². The highest BCUT2D eigenvalue weighted by molar-refractivity contribution is 9.10. The number of carboxylic acid groups (broad SMARTS) is 1. The van der Waals surface area contributed by atoms with Crippen molar-refractivity contribution in [2.45, 2.75) is 6.10 Å². The molecule has 0 aliphatic heterocycles. The maximum atomic E-state index is 11.7. The number of halogens is 1. The van der Waals surface area contributed by atoms with Crippen molar-refractivity contribution in [2.75, 3.05) is 5.32 Å². The van der Waals surface area contributed by atoms with Crippen molar-refractivity contribution in [3.05, 3.63) is 64.1 Å². The molecule has 116 valence electrons. The molecule has 1 aliphatic rings. The highest BCUT2D eigenvalue weighted by Crippen LogP contribution is 2.46. The summed E-state index contributed by atoms with van der Waals surface area (Å²) in [7, 11) is 0. The molecule has 0 fully saturated rings. The Morgan fingerprint density at radius 2 is 1.83 bits per heavy atom. The van der Waals surface area contributed by atoms with Gasteiger partial charge in [0.1, 0.15) is 6.10 Å². The molecular formula is C17H12BrNO4. The number of hydrogen-bond donors (Lipinski definition) is 3. The summed E-state index contributed by atoms with van der Waals surface area (Å²) in [6.07, 6.45) is 0.952. The van der Waals surface area contributed by atoms with E-state index in [1.54, 1.807) is 6.07 Å². The first-order valence-corrected chi connectivity index (χ1v) is 7.59. The van der Waals surface area contributed by atoms with Gasteiger partial charge in [0, 0.05) is 16.6 Å². The molecule has 2 aromatic carbocycles. The summed E-state index contributed by atoms with van der Waals surface area (Å²) in [5.74, 6) is -1.75. The first-order valence-electron chi connectivity index (χ1n) is 6.80. The zero-order valence-electron chi connectivity index (χ0n) is 11.8. The van der Waals surface area contributed by atoms with E-state index in [0.717, 1.165) is 28.8 Å². The Kier molecular flexibility index (Phi) is 4.02. The van der Waals surface area contributed by atoms with Crippen molar-refractivity contribution in [3.8, 4) is 11.1 Å². The third-order valence-electron chi connectivity index (χ3n) is 3.61. The predicted molar refractivity (Wildman–Crippen MR) is 89.0 cm³/mol. The minimum atomic E-state index is -1.20. The van der Waals surface area contributed by atoms with Crippen LogP contribution < -0.4 is 5.32 Å². The molecule has 0 bridgehead atoms. The zero-order chi connectivity index (χ0) is 16.6. The molecule has 3 rings (SSSR count). The minimum Gasteiger partial charge on any atom is -0.478 e. The normalized spacial score (nSPS) is 15.3. The Bertz CT molecular complexity index is 844. The molecular weight excluding hydrogens is 362 g/mol. The average molecular weight is 374 g/mol. The molecule has 23 heavy (non-hydrogen) atoms. The standard InChI is InChI=1S/C17H12BrNO4/c18-13-7-11-9-3-1-2-4-10(9)17(23)12(11)8-14(13)19-15(20)5-6-16(21)22/h1-8,17,23H,(H,19,20)(H,21,22)/b6-5-/t17-/m1/s1. The summed E-state index contributed by atoms with van der Waals surface area (Å²) >= 11 is 3.39. The van der Waals surface area contributed by atoms with E-state index in [1.165, 1.54) is 0 Å². The lowest BCUT2D eigenvalue weighted by atomic mass is 10.1. The molecule has 0 unspecified atom stereocenters. The van der Waals surface area contributed by atoms with Crippen LogP contribution in [0.4, 0.5) is 5.69 Å². The van der Waals surface area contributed by atoms with Crippen LogP contribution in [0.2, 0.25) is 0 Å². The maximum absolute atomic E-state index is 11.7. The van der Waals surface area contributed by atoms with E-state index in [0.29, 0.717) is 15.7 Å². The molecule has 5 nitrogen and oxygen atoms in total. The Morgan fingerprint density at radius 1 is 1.09 bits per heavy atom. The van der Waals surface area contributed by atoms with Crippen LogP contribution in [0.3, 0.4) is 0 Å². The van der Waals surface area contributed by atoms with Crippen LogP contribution in [0.1, 0.15) is 17.2 Å². The fourth-order valence-corrected chi connectivity index (χ4v) is 3.06. The lowest BCUT2D eigenvalue weighted by Crippen LogP contribution is -2.10. The molecule has 2 aromatic rings.